The molecule has 4 nitrogen and oxygen atoms in total. The minimum absolute atomic E-state index is 0.0401. The Labute approximate surface area is 174 Å². The first-order chi connectivity index (χ1) is 14.1. The number of rotatable bonds is 8. The van der Waals surface area contributed by atoms with Crippen LogP contribution in [-0.4, -0.2) is 29.3 Å². The molecule has 1 atom stereocenters. The van der Waals surface area contributed by atoms with Crippen molar-refractivity contribution in [2.24, 2.45) is 0 Å². The molecule has 3 rings (SSSR count). The molecule has 0 bridgehead atoms. The quantitative estimate of drug-likeness (QED) is 0.658. The Morgan fingerprint density at radius 3 is 2.59 bits per heavy atom. The van der Waals surface area contributed by atoms with Crippen molar-refractivity contribution < 1.29 is 9.59 Å². The lowest BCUT2D eigenvalue weighted by Gasteiger charge is -2.36. The summed E-state index contributed by atoms with van der Waals surface area (Å²) >= 11 is 0. The Bertz CT molecular complexity index is 832. The maximum Gasteiger partial charge on any atom is 0.222 e. The first-order valence-electron chi connectivity index (χ1n) is 10.8. The van der Waals surface area contributed by atoms with Gasteiger partial charge in [0.05, 0.1) is 0 Å². The van der Waals surface area contributed by atoms with Crippen molar-refractivity contribution >= 4 is 17.5 Å². The summed E-state index contributed by atoms with van der Waals surface area (Å²) in [7, 11) is 0. The molecular formula is C25H32N2O2. The molecule has 2 aromatic carbocycles. The maximum atomic E-state index is 12.7. The number of unbranched alkanes of at least 4 members (excludes halogenated alkanes) is 1. The number of nitrogens with one attached hydrogen (secondary N) is 1. The first kappa shape index (κ1) is 21.1. The molecule has 0 aliphatic heterocycles. The van der Waals surface area contributed by atoms with Crippen LogP contribution in [0.2, 0.25) is 0 Å². The molecule has 2 amide bonds. The second kappa shape index (κ2) is 10.2. The van der Waals surface area contributed by atoms with Crippen LogP contribution in [0.4, 0.5) is 5.69 Å². The lowest BCUT2D eigenvalue weighted by molar-refractivity contribution is -0.133. The fraction of sp³-hybridized carbons (Fsp3) is 0.440. The lowest BCUT2D eigenvalue weighted by atomic mass is 9.86. The van der Waals surface area contributed by atoms with E-state index in [-0.39, 0.29) is 17.9 Å². The monoisotopic (exact) mass is 392 g/mol. The Hall–Kier alpha value is -2.62. The summed E-state index contributed by atoms with van der Waals surface area (Å²) in [6.45, 7) is 4.32. The van der Waals surface area contributed by atoms with Crippen LogP contribution in [0.5, 0.6) is 0 Å². The van der Waals surface area contributed by atoms with Crippen LogP contribution in [0.1, 0.15) is 56.2 Å². The van der Waals surface area contributed by atoms with Crippen LogP contribution in [0, 0.1) is 0 Å². The molecule has 1 unspecified atom stereocenters. The Morgan fingerprint density at radius 1 is 1.07 bits per heavy atom. The van der Waals surface area contributed by atoms with Gasteiger partial charge in [0.15, 0.2) is 0 Å². The van der Waals surface area contributed by atoms with Gasteiger partial charge in [0, 0.05) is 31.6 Å². The van der Waals surface area contributed by atoms with E-state index in [0.29, 0.717) is 6.42 Å². The van der Waals surface area contributed by atoms with Crippen molar-refractivity contribution in [3.05, 3.63) is 65.2 Å². The standard InChI is InChI=1S/C25H32N2O2/c1-3-25(29)27(17-8-7-12-20-10-5-4-6-11-20)22-15-16-23-21(18-22)13-9-14-24(23)26-19(2)28/h4-6,9-11,13-14,22H,3,7-8,12,15-18H2,1-2H3,(H,26,28). The van der Waals surface area contributed by atoms with Gasteiger partial charge in [0.25, 0.3) is 0 Å². The van der Waals surface area contributed by atoms with Gasteiger partial charge in [-0.15, -0.1) is 0 Å². The van der Waals surface area contributed by atoms with E-state index in [0.717, 1.165) is 50.8 Å². The molecular weight excluding hydrogens is 360 g/mol. The normalized spacial score (nSPS) is 15.4. The van der Waals surface area contributed by atoms with Crippen LogP contribution >= 0.6 is 0 Å². The van der Waals surface area contributed by atoms with Gasteiger partial charge in [-0.05, 0) is 61.3 Å². The van der Waals surface area contributed by atoms with E-state index in [1.807, 2.05) is 25.1 Å². The average molecular weight is 393 g/mol. The topological polar surface area (TPSA) is 49.4 Å². The molecule has 2 aromatic rings. The lowest BCUT2D eigenvalue weighted by Crippen LogP contribution is -2.43. The van der Waals surface area contributed by atoms with E-state index in [2.05, 4.69) is 40.5 Å². The van der Waals surface area contributed by atoms with Crippen LogP contribution < -0.4 is 5.32 Å². The van der Waals surface area contributed by atoms with E-state index in [1.165, 1.54) is 16.7 Å². The predicted molar refractivity (Wildman–Crippen MR) is 118 cm³/mol. The number of fused-ring (bicyclic) bond motifs is 1. The number of hydrogen-bond acceptors (Lipinski definition) is 2. The number of carbonyl (C=O) groups excluding carboxylic acids is 2. The molecule has 0 fully saturated rings. The number of aryl methyl sites for hydroxylation is 1. The number of hydrogen-bond donors (Lipinski definition) is 1. The minimum Gasteiger partial charge on any atom is -0.339 e. The van der Waals surface area contributed by atoms with Crippen LogP contribution in [0.3, 0.4) is 0 Å². The molecule has 0 heterocycles. The summed E-state index contributed by atoms with van der Waals surface area (Å²) in [6, 6.07) is 16.9. The summed E-state index contributed by atoms with van der Waals surface area (Å²) in [5.74, 6) is 0.206. The molecule has 29 heavy (non-hydrogen) atoms. The van der Waals surface area contributed by atoms with Crippen LogP contribution in [0.25, 0.3) is 0 Å². The SMILES string of the molecule is CCC(=O)N(CCCCc1ccccc1)C1CCc2c(cccc2NC(C)=O)C1. The average Bonchev–Trinajstić information content (AvgIpc) is 2.73. The van der Waals surface area contributed by atoms with E-state index < -0.39 is 0 Å². The van der Waals surface area contributed by atoms with E-state index >= 15 is 0 Å². The molecule has 4 heteroatoms. The summed E-state index contributed by atoms with van der Waals surface area (Å²) in [5, 5.41) is 2.95. The number of carbonyl (C=O) groups is 2. The third-order valence-corrected chi connectivity index (χ3v) is 5.79. The van der Waals surface area contributed by atoms with Crippen molar-refractivity contribution in [3.63, 3.8) is 0 Å². The van der Waals surface area contributed by atoms with Gasteiger partial charge in [0.2, 0.25) is 11.8 Å². The smallest absolute Gasteiger partial charge is 0.222 e. The van der Waals surface area contributed by atoms with E-state index in [4.69, 9.17) is 0 Å². The highest BCUT2D eigenvalue weighted by molar-refractivity contribution is 5.89. The third-order valence-electron chi connectivity index (χ3n) is 5.79. The predicted octanol–water partition coefficient (Wildman–Crippen LogP) is 4.76. The Kier molecular flexibility index (Phi) is 7.45. The number of amides is 2. The number of benzene rings is 2. The molecule has 0 aromatic heterocycles. The number of nitrogens with zero attached hydrogens (tertiary/aromatic N) is 1. The molecule has 0 saturated carbocycles. The molecule has 1 aliphatic carbocycles. The van der Waals surface area contributed by atoms with Crippen molar-refractivity contribution in [2.75, 3.05) is 11.9 Å². The molecule has 1 aliphatic rings. The van der Waals surface area contributed by atoms with E-state index in [9.17, 15) is 9.59 Å². The molecule has 154 valence electrons. The number of anilines is 1. The third kappa shape index (κ3) is 5.69. The van der Waals surface area contributed by atoms with Crippen LogP contribution in [-0.2, 0) is 28.9 Å². The van der Waals surface area contributed by atoms with Crippen molar-refractivity contribution in [3.8, 4) is 0 Å². The summed E-state index contributed by atoms with van der Waals surface area (Å²) in [5.41, 5.74) is 4.76. The van der Waals surface area contributed by atoms with Crippen molar-refractivity contribution in [2.45, 2.75) is 64.8 Å². The minimum atomic E-state index is -0.0401. The fourth-order valence-corrected chi connectivity index (χ4v) is 4.33. The van der Waals surface area contributed by atoms with Gasteiger partial charge in [-0.1, -0.05) is 49.4 Å². The summed E-state index contributed by atoms with van der Waals surface area (Å²) < 4.78 is 0. The summed E-state index contributed by atoms with van der Waals surface area (Å²) in [6.07, 6.45) is 6.44. The van der Waals surface area contributed by atoms with Gasteiger partial charge >= 0.3 is 0 Å². The zero-order valence-electron chi connectivity index (χ0n) is 17.6. The summed E-state index contributed by atoms with van der Waals surface area (Å²) in [4.78, 5) is 26.3. The van der Waals surface area contributed by atoms with E-state index in [1.54, 1.807) is 6.92 Å². The highest BCUT2D eigenvalue weighted by Crippen LogP contribution is 2.30. The second-order valence-corrected chi connectivity index (χ2v) is 7.90. The maximum absolute atomic E-state index is 12.7. The fourth-order valence-electron chi connectivity index (χ4n) is 4.33. The van der Waals surface area contributed by atoms with Gasteiger partial charge < -0.3 is 10.2 Å². The van der Waals surface area contributed by atoms with Gasteiger partial charge in [-0.3, -0.25) is 9.59 Å². The van der Waals surface area contributed by atoms with Crippen LogP contribution in [0.15, 0.2) is 48.5 Å². The van der Waals surface area contributed by atoms with Gasteiger partial charge in [0.1, 0.15) is 0 Å². The molecule has 0 saturated heterocycles. The van der Waals surface area contributed by atoms with Crippen molar-refractivity contribution in [1.82, 2.24) is 4.90 Å². The Balaban J connectivity index is 1.62. The Morgan fingerprint density at radius 2 is 1.86 bits per heavy atom. The molecule has 0 radical (unpaired) electrons. The molecule has 0 spiro atoms. The van der Waals surface area contributed by atoms with Gasteiger partial charge in [-0.25, -0.2) is 0 Å². The zero-order chi connectivity index (χ0) is 20.6. The zero-order valence-corrected chi connectivity index (χ0v) is 17.6. The largest absolute Gasteiger partial charge is 0.339 e. The van der Waals surface area contributed by atoms with Gasteiger partial charge in [-0.2, -0.15) is 0 Å². The van der Waals surface area contributed by atoms with Crippen molar-refractivity contribution in [1.29, 1.82) is 0 Å². The second-order valence-electron chi connectivity index (χ2n) is 7.90. The highest BCUT2D eigenvalue weighted by atomic mass is 16.2. The first-order valence-corrected chi connectivity index (χ1v) is 10.8. The molecule has 1 N–H and O–H groups in total. The highest BCUT2D eigenvalue weighted by Gasteiger charge is 2.27.